The summed E-state index contributed by atoms with van der Waals surface area (Å²) in [5, 5.41) is 11.8. The Kier molecular flexibility index (Phi) is 6.96. The number of amides is 1. The van der Waals surface area contributed by atoms with Crippen LogP contribution in [0.5, 0.6) is 11.5 Å². The van der Waals surface area contributed by atoms with Crippen molar-refractivity contribution in [3.63, 3.8) is 0 Å². The van der Waals surface area contributed by atoms with Crippen LogP contribution in [0.4, 0.5) is 5.00 Å². The van der Waals surface area contributed by atoms with E-state index in [-0.39, 0.29) is 29.5 Å². The standard InChI is InChI=1S/C24H25N3O6S2/c1-3-30-23(29)20-15-6-4-13(2)10-18(15)35-22(20)25-19(28)12-34-24-27-26-21(33-24)14-5-7-16-17(11-14)32-9-8-31-16/h5,7,11,13H,3-4,6,8-10,12H2,1-2H3,(H,25,28)/t13-/m1/s1. The maximum Gasteiger partial charge on any atom is 0.341 e. The van der Waals surface area contributed by atoms with E-state index >= 15 is 0 Å². The fraction of sp³-hybridized carbons (Fsp3) is 0.417. The van der Waals surface area contributed by atoms with Crippen LogP contribution < -0.4 is 14.8 Å². The fourth-order valence-electron chi connectivity index (χ4n) is 4.11. The third kappa shape index (κ3) is 5.15. The summed E-state index contributed by atoms with van der Waals surface area (Å²) in [6, 6.07) is 5.41. The highest BCUT2D eigenvalue weighted by Gasteiger charge is 2.29. The number of fused-ring (bicyclic) bond motifs is 2. The Morgan fingerprint density at radius 3 is 2.89 bits per heavy atom. The quantitative estimate of drug-likeness (QED) is 0.356. The van der Waals surface area contributed by atoms with Crippen molar-refractivity contribution in [2.45, 2.75) is 38.3 Å². The van der Waals surface area contributed by atoms with Gasteiger partial charge in [-0.25, -0.2) is 4.79 Å². The Bertz CT molecular complexity index is 1250. The van der Waals surface area contributed by atoms with Crippen LogP contribution in [0.25, 0.3) is 11.5 Å². The molecule has 1 aromatic carbocycles. The Labute approximate surface area is 210 Å². The summed E-state index contributed by atoms with van der Waals surface area (Å²) >= 11 is 2.60. The van der Waals surface area contributed by atoms with Gasteiger partial charge in [0.05, 0.1) is 17.9 Å². The van der Waals surface area contributed by atoms with Crippen LogP contribution in [-0.2, 0) is 22.4 Å². The van der Waals surface area contributed by atoms with Crippen LogP contribution >= 0.6 is 23.1 Å². The first kappa shape index (κ1) is 23.7. The predicted molar refractivity (Wildman–Crippen MR) is 132 cm³/mol. The number of hydrogen-bond acceptors (Lipinski definition) is 10. The summed E-state index contributed by atoms with van der Waals surface area (Å²) in [6.45, 7) is 5.26. The molecule has 0 saturated heterocycles. The highest BCUT2D eigenvalue weighted by atomic mass is 32.2. The van der Waals surface area contributed by atoms with Crippen LogP contribution in [0.1, 0.15) is 41.1 Å². The predicted octanol–water partition coefficient (Wildman–Crippen LogP) is 4.60. The summed E-state index contributed by atoms with van der Waals surface area (Å²) < 4.78 is 22.1. The van der Waals surface area contributed by atoms with Crippen molar-refractivity contribution in [1.29, 1.82) is 0 Å². The van der Waals surface area contributed by atoms with Gasteiger partial charge >= 0.3 is 5.97 Å². The van der Waals surface area contributed by atoms with E-state index in [0.717, 1.165) is 41.5 Å². The zero-order chi connectivity index (χ0) is 24.4. The molecule has 0 bridgehead atoms. The van der Waals surface area contributed by atoms with Crippen molar-refractivity contribution >= 4 is 40.0 Å². The van der Waals surface area contributed by atoms with E-state index in [0.29, 0.717) is 52.6 Å². The van der Waals surface area contributed by atoms with E-state index in [1.54, 1.807) is 19.1 Å². The van der Waals surface area contributed by atoms with Crippen LogP contribution in [-0.4, -0.2) is 47.6 Å². The molecule has 9 nitrogen and oxygen atoms in total. The van der Waals surface area contributed by atoms with Crippen molar-refractivity contribution in [2.75, 3.05) is 30.9 Å². The monoisotopic (exact) mass is 515 g/mol. The molecule has 2 aromatic heterocycles. The second kappa shape index (κ2) is 10.3. The first-order valence-corrected chi connectivity index (χ1v) is 13.3. The number of benzene rings is 1. The van der Waals surface area contributed by atoms with Gasteiger partial charge in [0, 0.05) is 10.4 Å². The van der Waals surface area contributed by atoms with Gasteiger partial charge in [-0.2, -0.15) is 0 Å². The molecule has 35 heavy (non-hydrogen) atoms. The first-order valence-electron chi connectivity index (χ1n) is 11.5. The van der Waals surface area contributed by atoms with Gasteiger partial charge in [0.15, 0.2) is 11.5 Å². The molecule has 1 amide bonds. The smallest absolute Gasteiger partial charge is 0.341 e. The highest BCUT2D eigenvalue weighted by Crippen LogP contribution is 2.40. The number of carbonyl (C=O) groups excluding carboxylic acids is 2. The fourth-order valence-corrected chi connectivity index (χ4v) is 6.09. The lowest BCUT2D eigenvalue weighted by molar-refractivity contribution is -0.113. The summed E-state index contributed by atoms with van der Waals surface area (Å²) in [6.07, 6.45) is 2.74. The second-order valence-electron chi connectivity index (χ2n) is 8.34. The summed E-state index contributed by atoms with van der Waals surface area (Å²) in [7, 11) is 0. The van der Waals surface area contributed by atoms with Gasteiger partial charge in [0.25, 0.3) is 5.22 Å². The molecule has 5 rings (SSSR count). The Balaban J connectivity index is 1.25. The number of nitrogens with zero attached hydrogens (tertiary/aromatic N) is 2. The zero-order valence-corrected chi connectivity index (χ0v) is 21.1. The number of nitrogens with one attached hydrogen (secondary N) is 1. The number of rotatable bonds is 7. The summed E-state index contributed by atoms with van der Waals surface area (Å²) in [5.74, 6) is 1.61. The van der Waals surface area contributed by atoms with Crippen molar-refractivity contribution < 1.29 is 28.2 Å². The molecule has 184 valence electrons. The number of anilines is 1. The maximum atomic E-state index is 12.7. The molecule has 3 heterocycles. The number of esters is 1. The van der Waals surface area contributed by atoms with Gasteiger partial charge in [0.1, 0.15) is 18.2 Å². The average molecular weight is 516 g/mol. The average Bonchev–Trinajstić information content (AvgIpc) is 3.47. The van der Waals surface area contributed by atoms with Gasteiger partial charge in [-0.15, -0.1) is 21.5 Å². The zero-order valence-electron chi connectivity index (χ0n) is 19.4. The minimum Gasteiger partial charge on any atom is -0.486 e. The minimum atomic E-state index is -0.386. The lowest BCUT2D eigenvalue weighted by Crippen LogP contribution is -2.17. The normalized spacial score (nSPS) is 16.5. The molecule has 1 aliphatic heterocycles. The lowest BCUT2D eigenvalue weighted by atomic mass is 9.88. The van der Waals surface area contributed by atoms with E-state index in [4.69, 9.17) is 18.6 Å². The highest BCUT2D eigenvalue weighted by molar-refractivity contribution is 7.99. The minimum absolute atomic E-state index is 0.0595. The van der Waals surface area contributed by atoms with Crippen molar-refractivity contribution in [2.24, 2.45) is 5.92 Å². The topological polar surface area (TPSA) is 113 Å². The van der Waals surface area contributed by atoms with Crippen LogP contribution in [0.3, 0.4) is 0 Å². The van der Waals surface area contributed by atoms with E-state index < -0.39 is 0 Å². The van der Waals surface area contributed by atoms with Gasteiger partial charge < -0.3 is 23.9 Å². The molecule has 1 aliphatic carbocycles. The Morgan fingerprint density at radius 2 is 2.06 bits per heavy atom. The number of hydrogen-bond donors (Lipinski definition) is 1. The number of thioether (sulfide) groups is 1. The SMILES string of the molecule is CCOC(=O)c1c(NC(=O)CSc2nnc(-c3ccc4c(c3)OCCO4)o2)sc2c1CC[C@@H](C)C2. The van der Waals surface area contributed by atoms with Gasteiger partial charge in [-0.3, -0.25) is 4.79 Å². The number of thiophene rings is 1. The Hall–Kier alpha value is -3.05. The van der Waals surface area contributed by atoms with Crippen LogP contribution in [0, 0.1) is 5.92 Å². The van der Waals surface area contributed by atoms with Crippen LogP contribution in [0.2, 0.25) is 0 Å². The molecular formula is C24H25N3O6S2. The van der Waals surface area contributed by atoms with Gasteiger partial charge in [0.2, 0.25) is 11.8 Å². The third-order valence-corrected chi connectivity index (χ3v) is 7.75. The number of ether oxygens (including phenoxy) is 3. The number of aromatic nitrogens is 2. The van der Waals surface area contributed by atoms with E-state index in [1.165, 1.54) is 11.3 Å². The summed E-state index contributed by atoms with van der Waals surface area (Å²) in [4.78, 5) is 26.5. The van der Waals surface area contributed by atoms with Crippen molar-refractivity contribution in [3.05, 3.63) is 34.2 Å². The first-order chi connectivity index (χ1) is 17.0. The lowest BCUT2D eigenvalue weighted by Gasteiger charge is -2.18. The number of carbonyl (C=O) groups is 2. The largest absolute Gasteiger partial charge is 0.486 e. The van der Waals surface area contributed by atoms with Gasteiger partial charge in [-0.05, 0) is 55.9 Å². The van der Waals surface area contributed by atoms with Gasteiger partial charge in [-0.1, -0.05) is 18.7 Å². The molecule has 1 N–H and O–H groups in total. The molecule has 2 aliphatic rings. The second-order valence-corrected chi connectivity index (χ2v) is 10.4. The molecule has 0 spiro atoms. The molecule has 1 atom stereocenters. The summed E-state index contributed by atoms with van der Waals surface area (Å²) in [5.41, 5.74) is 2.21. The molecule has 0 saturated carbocycles. The van der Waals surface area contributed by atoms with E-state index in [1.807, 2.05) is 6.07 Å². The molecule has 0 radical (unpaired) electrons. The Morgan fingerprint density at radius 1 is 1.23 bits per heavy atom. The van der Waals surface area contributed by atoms with Crippen molar-refractivity contribution in [1.82, 2.24) is 10.2 Å². The molecule has 0 unspecified atom stereocenters. The maximum absolute atomic E-state index is 12.7. The van der Waals surface area contributed by atoms with Crippen molar-refractivity contribution in [3.8, 4) is 23.0 Å². The molecule has 3 aromatic rings. The molecule has 11 heteroatoms. The molecule has 0 fully saturated rings. The van der Waals surface area contributed by atoms with E-state index in [2.05, 4.69) is 22.4 Å². The third-order valence-electron chi connectivity index (χ3n) is 5.77. The van der Waals surface area contributed by atoms with Crippen LogP contribution in [0.15, 0.2) is 27.8 Å². The van der Waals surface area contributed by atoms with E-state index in [9.17, 15) is 9.59 Å². The molecular weight excluding hydrogens is 490 g/mol.